The summed E-state index contributed by atoms with van der Waals surface area (Å²) in [7, 11) is 1.27. The lowest BCUT2D eigenvalue weighted by Gasteiger charge is -2.32. The van der Waals surface area contributed by atoms with Crippen molar-refractivity contribution in [1.82, 2.24) is 4.90 Å². The fourth-order valence-corrected chi connectivity index (χ4v) is 2.73. The van der Waals surface area contributed by atoms with E-state index in [1.807, 2.05) is 37.3 Å². The van der Waals surface area contributed by atoms with Crippen LogP contribution in [0.25, 0.3) is 0 Å². The van der Waals surface area contributed by atoms with Gasteiger partial charge in [-0.05, 0) is 12.0 Å². The van der Waals surface area contributed by atoms with Gasteiger partial charge < -0.3 is 20.5 Å². The predicted octanol–water partition coefficient (Wildman–Crippen LogP) is 1.59. The van der Waals surface area contributed by atoms with Gasteiger partial charge in [-0.25, -0.2) is 4.79 Å². The topological polar surface area (TPSA) is 110 Å². The molecule has 0 radical (unpaired) electrons. The summed E-state index contributed by atoms with van der Waals surface area (Å²) >= 11 is 0. The average molecular weight is 364 g/mol. The van der Waals surface area contributed by atoms with Gasteiger partial charge in [0.05, 0.1) is 19.6 Å². The van der Waals surface area contributed by atoms with Crippen LogP contribution >= 0.6 is 0 Å². The van der Waals surface area contributed by atoms with Crippen LogP contribution in [0.1, 0.15) is 38.2 Å². The molecular formula is C19H28N2O5. The first-order valence-corrected chi connectivity index (χ1v) is 8.80. The SMILES string of the molecule is CCCCCN(C(=O)C(N)CC(=O)O)C(Cc1ccccc1)C(=O)OC. The number of esters is 1. The second-order valence-electron chi connectivity index (χ2n) is 6.17. The van der Waals surface area contributed by atoms with Crippen molar-refractivity contribution in [3.8, 4) is 0 Å². The van der Waals surface area contributed by atoms with E-state index in [2.05, 4.69) is 0 Å². The van der Waals surface area contributed by atoms with Crippen LogP contribution in [0.2, 0.25) is 0 Å². The van der Waals surface area contributed by atoms with Gasteiger partial charge in [0, 0.05) is 13.0 Å². The number of hydrogen-bond acceptors (Lipinski definition) is 5. The summed E-state index contributed by atoms with van der Waals surface area (Å²) in [6.07, 6.45) is 2.33. The van der Waals surface area contributed by atoms with Crippen molar-refractivity contribution in [3.05, 3.63) is 35.9 Å². The molecule has 0 fully saturated rings. The molecule has 0 heterocycles. The van der Waals surface area contributed by atoms with Gasteiger partial charge in [-0.15, -0.1) is 0 Å². The number of carboxylic acid groups (broad SMARTS) is 1. The quantitative estimate of drug-likeness (QED) is 0.456. The summed E-state index contributed by atoms with van der Waals surface area (Å²) in [5.74, 6) is -2.24. The molecule has 0 aliphatic rings. The maximum Gasteiger partial charge on any atom is 0.328 e. The molecule has 26 heavy (non-hydrogen) atoms. The van der Waals surface area contributed by atoms with E-state index >= 15 is 0 Å². The number of benzene rings is 1. The predicted molar refractivity (Wildman–Crippen MR) is 97.4 cm³/mol. The standard InChI is InChI=1S/C19H28N2O5/c1-3-4-8-11-21(18(24)15(20)13-17(22)23)16(19(25)26-2)12-14-9-6-5-7-10-14/h5-7,9-10,15-16H,3-4,8,11-13,20H2,1-2H3,(H,22,23). The Morgan fingerprint density at radius 2 is 1.85 bits per heavy atom. The maximum absolute atomic E-state index is 12.8. The third-order valence-electron chi connectivity index (χ3n) is 4.12. The van der Waals surface area contributed by atoms with E-state index in [1.54, 1.807) is 0 Å². The molecule has 0 saturated heterocycles. The van der Waals surface area contributed by atoms with Crippen molar-refractivity contribution in [3.63, 3.8) is 0 Å². The van der Waals surface area contributed by atoms with E-state index < -0.39 is 36.4 Å². The zero-order chi connectivity index (χ0) is 19.5. The molecule has 0 aliphatic carbocycles. The second-order valence-corrected chi connectivity index (χ2v) is 6.17. The van der Waals surface area contributed by atoms with Gasteiger partial charge in [-0.1, -0.05) is 50.1 Å². The molecule has 1 amide bonds. The summed E-state index contributed by atoms with van der Waals surface area (Å²) in [5, 5.41) is 8.92. The minimum Gasteiger partial charge on any atom is -0.481 e. The van der Waals surface area contributed by atoms with Crippen LogP contribution < -0.4 is 5.73 Å². The third kappa shape index (κ3) is 6.84. The van der Waals surface area contributed by atoms with Crippen LogP contribution in [0.15, 0.2) is 30.3 Å². The first-order valence-electron chi connectivity index (χ1n) is 8.80. The largest absolute Gasteiger partial charge is 0.481 e. The molecule has 2 atom stereocenters. The van der Waals surface area contributed by atoms with E-state index in [4.69, 9.17) is 15.6 Å². The van der Waals surface area contributed by atoms with E-state index in [-0.39, 0.29) is 6.42 Å². The molecule has 0 spiro atoms. The van der Waals surface area contributed by atoms with Crippen LogP contribution in [0, 0.1) is 0 Å². The number of nitrogens with zero attached hydrogens (tertiary/aromatic N) is 1. The molecule has 1 rings (SSSR count). The van der Waals surface area contributed by atoms with E-state index in [1.165, 1.54) is 12.0 Å². The Hall–Kier alpha value is -2.41. The highest BCUT2D eigenvalue weighted by Crippen LogP contribution is 2.14. The fourth-order valence-electron chi connectivity index (χ4n) is 2.73. The van der Waals surface area contributed by atoms with Crippen LogP contribution in [0.5, 0.6) is 0 Å². The summed E-state index contributed by atoms with van der Waals surface area (Å²) in [6.45, 7) is 2.36. The zero-order valence-corrected chi connectivity index (χ0v) is 15.4. The normalized spacial score (nSPS) is 12.9. The molecule has 1 aromatic carbocycles. The van der Waals surface area contributed by atoms with Gasteiger partial charge in [-0.3, -0.25) is 9.59 Å². The Kier molecular flexibility index (Phi) is 9.36. The zero-order valence-electron chi connectivity index (χ0n) is 15.4. The van der Waals surface area contributed by atoms with Crippen molar-refractivity contribution in [2.75, 3.05) is 13.7 Å². The Balaban J connectivity index is 3.07. The van der Waals surface area contributed by atoms with Gasteiger partial charge in [0.25, 0.3) is 0 Å². The lowest BCUT2D eigenvalue weighted by Crippen LogP contribution is -2.53. The van der Waals surface area contributed by atoms with E-state index in [0.717, 1.165) is 18.4 Å². The monoisotopic (exact) mass is 364 g/mol. The average Bonchev–Trinajstić information content (AvgIpc) is 2.63. The smallest absolute Gasteiger partial charge is 0.328 e. The number of carboxylic acids is 1. The highest BCUT2D eigenvalue weighted by molar-refractivity contribution is 5.90. The summed E-state index contributed by atoms with van der Waals surface area (Å²) in [5.41, 5.74) is 6.65. The number of aliphatic carboxylic acids is 1. The van der Waals surface area contributed by atoms with Crippen LogP contribution in [-0.2, 0) is 25.5 Å². The molecule has 0 aliphatic heterocycles. The minimum atomic E-state index is -1.20. The lowest BCUT2D eigenvalue weighted by molar-refractivity contribution is -0.154. The summed E-state index contributed by atoms with van der Waals surface area (Å²) < 4.78 is 4.89. The molecule has 2 unspecified atom stereocenters. The van der Waals surface area contributed by atoms with Crippen LogP contribution in [0.3, 0.4) is 0 Å². The van der Waals surface area contributed by atoms with Gasteiger partial charge in [0.2, 0.25) is 5.91 Å². The van der Waals surface area contributed by atoms with Gasteiger partial charge in [0.1, 0.15) is 6.04 Å². The molecule has 144 valence electrons. The van der Waals surface area contributed by atoms with Gasteiger partial charge >= 0.3 is 11.9 Å². The molecule has 0 aromatic heterocycles. The first-order chi connectivity index (χ1) is 12.4. The molecule has 3 N–H and O–H groups in total. The van der Waals surface area contributed by atoms with Gasteiger partial charge in [-0.2, -0.15) is 0 Å². The van der Waals surface area contributed by atoms with Crippen molar-refractivity contribution >= 4 is 17.8 Å². The minimum absolute atomic E-state index is 0.283. The van der Waals surface area contributed by atoms with Gasteiger partial charge in [0.15, 0.2) is 0 Å². The highest BCUT2D eigenvalue weighted by Gasteiger charge is 2.33. The maximum atomic E-state index is 12.8. The Morgan fingerprint density at radius 1 is 1.19 bits per heavy atom. The van der Waals surface area contributed by atoms with Crippen molar-refractivity contribution in [1.29, 1.82) is 0 Å². The molecular weight excluding hydrogens is 336 g/mol. The molecule has 0 bridgehead atoms. The van der Waals surface area contributed by atoms with Crippen LogP contribution in [-0.4, -0.2) is 53.6 Å². The molecule has 0 saturated carbocycles. The number of unbranched alkanes of at least 4 members (excludes halogenated alkanes) is 2. The molecule has 1 aromatic rings. The number of carbonyl (C=O) groups is 3. The first kappa shape index (κ1) is 21.6. The van der Waals surface area contributed by atoms with Crippen molar-refractivity contribution in [2.45, 2.75) is 51.1 Å². The lowest BCUT2D eigenvalue weighted by atomic mass is 10.0. The molecule has 7 heteroatoms. The second kappa shape index (κ2) is 11.3. The van der Waals surface area contributed by atoms with Crippen LogP contribution in [0.4, 0.5) is 0 Å². The number of amides is 1. The Labute approximate surface area is 154 Å². The number of methoxy groups -OCH3 is 1. The summed E-state index contributed by atoms with van der Waals surface area (Å²) in [4.78, 5) is 37.4. The number of rotatable bonds is 11. The third-order valence-corrected chi connectivity index (χ3v) is 4.12. The summed E-state index contributed by atoms with van der Waals surface area (Å²) in [6, 6.07) is 7.25. The number of ether oxygens (including phenoxy) is 1. The Morgan fingerprint density at radius 3 is 2.38 bits per heavy atom. The number of carbonyl (C=O) groups excluding carboxylic acids is 2. The Bertz CT molecular complexity index is 591. The molecule has 7 nitrogen and oxygen atoms in total. The van der Waals surface area contributed by atoms with Crippen molar-refractivity contribution < 1.29 is 24.2 Å². The number of hydrogen-bond donors (Lipinski definition) is 2. The number of nitrogens with two attached hydrogens (primary N) is 1. The van der Waals surface area contributed by atoms with Crippen molar-refractivity contribution in [2.24, 2.45) is 5.73 Å². The van der Waals surface area contributed by atoms with E-state index in [0.29, 0.717) is 13.0 Å². The highest BCUT2D eigenvalue weighted by atomic mass is 16.5. The van der Waals surface area contributed by atoms with E-state index in [9.17, 15) is 14.4 Å². The fraction of sp³-hybridized carbons (Fsp3) is 0.526.